The molecule has 0 bridgehead atoms. The van der Waals surface area contributed by atoms with Gasteiger partial charge in [-0.3, -0.25) is 0 Å². The normalized spacial score (nSPS) is 10.4. The van der Waals surface area contributed by atoms with Gasteiger partial charge in [0.25, 0.3) is 0 Å². The van der Waals surface area contributed by atoms with Gasteiger partial charge in [-0.25, -0.2) is 0 Å². The van der Waals surface area contributed by atoms with E-state index in [1.54, 1.807) is 7.11 Å². The van der Waals surface area contributed by atoms with E-state index in [0.29, 0.717) is 6.61 Å². The highest BCUT2D eigenvalue weighted by molar-refractivity contribution is 9.10. The van der Waals surface area contributed by atoms with Crippen LogP contribution < -0.4 is 14.8 Å². The Bertz CT molecular complexity index is 570. The van der Waals surface area contributed by atoms with Crippen LogP contribution in [0, 0.1) is 0 Å². The molecule has 2 aromatic rings. The third-order valence-electron chi connectivity index (χ3n) is 3.22. The van der Waals surface area contributed by atoms with E-state index < -0.39 is 0 Å². The number of methoxy groups -OCH3 is 1. The molecule has 21 heavy (non-hydrogen) atoms. The average Bonchev–Trinajstić information content (AvgIpc) is 2.52. The number of likely N-dealkylation sites (N-methyl/N-ethyl adjacent to an activating group) is 1. The summed E-state index contributed by atoms with van der Waals surface area (Å²) in [5.74, 6) is 1.62. The summed E-state index contributed by atoms with van der Waals surface area (Å²) in [7, 11) is 3.62. The van der Waals surface area contributed by atoms with Crippen LogP contribution in [0.3, 0.4) is 0 Å². The van der Waals surface area contributed by atoms with E-state index >= 15 is 0 Å². The highest BCUT2D eigenvalue weighted by atomic mass is 79.9. The third-order valence-corrected chi connectivity index (χ3v) is 3.84. The zero-order valence-corrected chi connectivity index (χ0v) is 13.9. The fraction of sp³-hybridized carbons (Fsp3) is 0.294. The molecule has 4 heteroatoms. The van der Waals surface area contributed by atoms with Crippen molar-refractivity contribution in [3.63, 3.8) is 0 Å². The van der Waals surface area contributed by atoms with E-state index in [2.05, 4.69) is 45.5 Å². The predicted octanol–water partition coefficient (Wildman–Crippen LogP) is 3.80. The van der Waals surface area contributed by atoms with E-state index in [1.165, 1.54) is 5.56 Å². The van der Waals surface area contributed by atoms with Crippen LogP contribution >= 0.6 is 15.9 Å². The van der Waals surface area contributed by atoms with E-state index in [-0.39, 0.29) is 0 Å². The van der Waals surface area contributed by atoms with Crippen LogP contribution in [-0.4, -0.2) is 20.7 Å². The van der Waals surface area contributed by atoms with Crippen LogP contribution in [0.15, 0.2) is 46.9 Å². The first-order valence-corrected chi connectivity index (χ1v) is 7.71. The molecule has 0 heterocycles. The molecule has 0 atom stereocenters. The molecule has 0 aliphatic carbocycles. The Hall–Kier alpha value is -1.52. The summed E-state index contributed by atoms with van der Waals surface area (Å²) in [5, 5.41) is 3.15. The molecule has 3 nitrogen and oxygen atoms in total. The van der Waals surface area contributed by atoms with Gasteiger partial charge in [-0.15, -0.1) is 0 Å². The third kappa shape index (κ3) is 4.76. The molecule has 0 unspecified atom stereocenters. The van der Waals surface area contributed by atoms with Crippen molar-refractivity contribution in [3.05, 3.63) is 58.1 Å². The van der Waals surface area contributed by atoms with Gasteiger partial charge in [0.1, 0.15) is 18.1 Å². The van der Waals surface area contributed by atoms with E-state index in [9.17, 15) is 0 Å². The summed E-state index contributed by atoms with van der Waals surface area (Å²) in [6.45, 7) is 1.55. The molecule has 2 aromatic carbocycles. The largest absolute Gasteiger partial charge is 0.497 e. The molecule has 0 saturated carbocycles. The molecule has 0 aliphatic heterocycles. The van der Waals surface area contributed by atoms with E-state index in [1.807, 2.05) is 25.2 Å². The molecule has 0 aromatic heterocycles. The zero-order chi connectivity index (χ0) is 15.1. The lowest BCUT2D eigenvalue weighted by atomic mass is 10.1. The van der Waals surface area contributed by atoms with Crippen molar-refractivity contribution in [3.8, 4) is 11.5 Å². The monoisotopic (exact) mass is 349 g/mol. The minimum absolute atomic E-state index is 0.553. The predicted molar refractivity (Wildman–Crippen MR) is 89.1 cm³/mol. The van der Waals surface area contributed by atoms with Crippen molar-refractivity contribution in [2.45, 2.75) is 13.0 Å². The second-order valence-corrected chi connectivity index (χ2v) is 5.61. The number of halogens is 1. The van der Waals surface area contributed by atoms with Crippen molar-refractivity contribution < 1.29 is 9.47 Å². The number of hydrogen-bond acceptors (Lipinski definition) is 3. The molecule has 0 aliphatic rings. The highest BCUT2D eigenvalue weighted by Gasteiger charge is 2.03. The van der Waals surface area contributed by atoms with Crippen LogP contribution in [0.1, 0.15) is 11.1 Å². The number of nitrogens with one attached hydrogen (secondary N) is 1. The standard InChI is InChI=1S/C17H20BrNO2/c1-19-10-9-13-3-5-14(6-4-13)12-21-17-8-7-15(20-2)11-16(17)18/h3-8,11,19H,9-10,12H2,1-2H3. The average molecular weight is 350 g/mol. The minimum Gasteiger partial charge on any atom is -0.497 e. The lowest BCUT2D eigenvalue weighted by Crippen LogP contribution is -2.10. The van der Waals surface area contributed by atoms with E-state index in [4.69, 9.17) is 9.47 Å². The summed E-state index contributed by atoms with van der Waals surface area (Å²) in [5.41, 5.74) is 2.49. The summed E-state index contributed by atoms with van der Waals surface area (Å²) in [4.78, 5) is 0. The Morgan fingerprint density at radius 2 is 1.76 bits per heavy atom. The van der Waals surface area contributed by atoms with Crippen LogP contribution in [0.25, 0.3) is 0 Å². The van der Waals surface area contributed by atoms with Gasteiger partial charge in [0.15, 0.2) is 0 Å². The first-order valence-electron chi connectivity index (χ1n) is 6.91. The number of hydrogen-bond donors (Lipinski definition) is 1. The Morgan fingerprint density at radius 1 is 1.05 bits per heavy atom. The number of ether oxygens (including phenoxy) is 2. The molecule has 0 amide bonds. The smallest absolute Gasteiger partial charge is 0.134 e. The van der Waals surface area contributed by atoms with Crippen LogP contribution in [0.5, 0.6) is 11.5 Å². The number of benzene rings is 2. The lowest BCUT2D eigenvalue weighted by molar-refractivity contribution is 0.303. The Morgan fingerprint density at radius 3 is 2.38 bits per heavy atom. The van der Waals surface area contributed by atoms with Gasteiger partial charge in [0.05, 0.1) is 11.6 Å². The van der Waals surface area contributed by atoms with Gasteiger partial charge >= 0.3 is 0 Å². The second kappa shape index (κ2) is 8.05. The maximum Gasteiger partial charge on any atom is 0.134 e. The van der Waals surface area contributed by atoms with E-state index in [0.717, 1.165) is 34.5 Å². The van der Waals surface area contributed by atoms with Gasteiger partial charge in [-0.1, -0.05) is 24.3 Å². The van der Waals surface area contributed by atoms with Gasteiger partial charge in [-0.2, -0.15) is 0 Å². The maximum atomic E-state index is 5.83. The van der Waals surface area contributed by atoms with Crippen LogP contribution in [0.2, 0.25) is 0 Å². The molecular weight excluding hydrogens is 330 g/mol. The van der Waals surface area contributed by atoms with Gasteiger partial charge in [0.2, 0.25) is 0 Å². The minimum atomic E-state index is 0.553. The fourth-order valence-electron chi connectivity index (χ4n) is 1.96. The van der Waals surface area contributed by atoms with Crippen molar-refractivity contribution in [2.75, 3.05) is 20.7 Å². The van der Waals surface area contributed by atoms with Crippen molar-refractivity contribution in [1.29, 1.82) is 0 Å². The molecule has 112 valence electrons. The number of rotatable bonds is 7. The Balaban J connectivity index is 1.93. The summed E-state index contributed by atoms with van der Waals surface area (Å²) in [6.07, 6.45) is 1.04. The molecule has 0 radical (unpaired) electrons. The molecule has 0 saturated heterocycles. The van der Waals surface area contributed by atoms with Crippen LogP contribution in [-0.2, 0) is 13.0 Å². The second-order valence-electron chi connectivity index (χ2n) is 4.76. The molecule has 2 rings (SSSR count). The molecule has 0 fully saturated rings. The Labute approximate surface area is 134 Å². The van der Waals surface area contributed by atoms with Crippen molar-refractivity contribution >= 4 is 15.9 Å². The van der Waals surface area contributed by atoms with Gasteiger partial charge in [0, 0.05) is 0 Å². The summed E-state index contributed by atoms with van der Waals surface area (Å²) < 4.78 is 11.9. The summed E-state index contributed by atoms with van der Waals surface area (Å²) >= 11 is 3.49. The van der Waals surface area contributed by atoms with Crippen molar-refractivity contribution in [1.82, 2.24) is 5.32 Å². The molecular formula is C17H20BrNO2. The van der Waals surface area contributed by atoms with Gasteiger partial charge < -0.3 is 14.8 Å². The first kappa shape index (κ1) is 15.9. The zero-order valence-electron chi connectivity index (χ0n) is 12.4. The molecule has 0 spiro atoms. The fourth-order valence-corrected chi connectivity index (χ4v) is 2.43. The summed E-state index contributed by atoms with van der Waals surface area (Å²) in [6, 6.07) is 14.2. The first-order chi connectivity index (χ1) is 10.2. The van der Waals surface area contributed by atoms with Crippen molar-refractivity contribution in [2.24, 2.45) is 0 Å². The maximum absolute atomic E-state index is 5.83. The molecule has 1 N–H and O–H groups in total. The van der Waals surface area contributed by atoms with Crippen LogP contribution in [0.4, 0.5) is 0 Å². The Kier molecular flexibility index (Phi) is 6.08. The highest BCUT2D eigenvalue weighted by Crippen LogP contribution is 2.29. The SMILES string of the molecule is CNCCc1ccc(COc2ccc(OC)cc2Br)cc1. The lowest BCUT2D eigenvalue weighted by Gasteiger charge is -2.10. The van der Waals surface area contributed by atoms with Gasteiger partial charge in [-0.05, 0) is 65.3 Å². The topological polar surface area (TPSA) is 30.5 Å². The quantitative estimate of drug-likeness (QED) is 0.824.